The summed E-state index contributed by atoms with van der Waals surface area (Å²) in [5.74, 6) is 5.18. The number of furan rings is 4. The highest BCUT2D eigenvalue weighted by molar-refractivity contribution is 6.21. The molecule has 0 saturated heterocycles. The van der Waals surface area contributed by atoms with Crippen LogP contribution in [0.4, 0.5) is 0 Å². The second kappa shape index (κ2) is 11.6. The lowest BCUT2D eigenvalue weighted by molar-refractivity contribution is 0.488. The third kappa shape index (κ3) is 5.04. The largest absolute Gasteiger partial charge is 0.458 e. The summed E-state index contributed by atoms with van der Waals surface area (Å²) in [6.45, 7) is 4.47. The number of fused-ring (bicyclic) bond motifs is 7. The average molecular weight is 559 g/mol. The lowest BCUT2D eigenvalue weighted by Gasteiger charge is -2.05. The zero-order valence-electron chi connectivity index (χ0n) is 24.6. The predicted molar refractivity (Wildman–Crippen MR) is 172 cm³/mol. The maximum Gasteiger partial charge on any atom is 0.170 e. The number of unbranched alkanes of at least 4 members (excludes halogenated alkanes) is 6. The van der Waals surface area contributed by atoms with Crippen molar-refractivity contribution in [2.24, 2.45) is 0 Å². The number of aryl methyl sites for hydroxylation is 2. The Morgan fingerprint density at radius 2 is 0.810 bits per heavy atom. The van der Waals surface area contributed by atoms with E-state index >= 15 is 0 Å². The van der Waals surface area contributed by atoms with E-state index in [-0.39, 0.29) is 0 Å². The molecule has 0 aliphatic heterocycles. The van der Waals surface area contributed by atoms with Crippen LogP contribution < -0.4 is 0 Å². The third-order valence-corrected chi connectivity index (χ3v) is 8.55. The first-order valence-corrected chi connectivity index (χ1v) is 15.7. The van der Waals surface area contributed by atoms with Crippen molar-refractivity contribution in [3.63, 3.8) is 0 Å². The molecule has 4 nitrogen and oxygen atoms in total. The van der Waals surface area contributed by atoms with Gasteiger partial charge in [-0.1, -0.05) is 76.6 Å². The summed E-state index contributed by atoms with van der Waals surface area (Å²) in [7, 11) is 0. The zero-order valence-corrected chi connectivity index (χ0v) is 24.6. The Labute approximate surface area is 246 Å². The van der Waals surface area contributed by atoms with E-state index in [2.05, 4.69) is 74.5 Å². The molecule has 7 aromatic rings. The topological polar surface area (TPSA) is 52.6 Å². The van der Waals surface area contributed by atoms with E-state index in [1.165, 1.54) is 60.1 Å². The van der Waals surface area contributed by atoms with Crippen LogP contribution in [0.2, 0.25) is 0 Å². The van der Waals surface area contributed by atoms with Gasteiger partial charge in [0.05, 0.1) is 0 Å². The molecule has 3 aromatic carbocycles. The predicted octanol–water partition coefficient (Wildman–Crippen LogP) is 12.3. The molecular formula is C38H38O4. The van der Waals surface area contributed by atoms with Gasteiger partial charge >= 0.3 is 0 Å². The van der Waals surface area contributed by atoms with E-state index in [4.69, 9.17) is 17.7 Å². The quantitative estimate of drug-likeness (QED) is 0.111. The molecule has 7 rings (SSSR count). The summed E-state index contributed by atoms with van der Waals surface area (Å²) in [6.07, 6.45) is 11.8. The Morgan fingerprint density at radius 1 is 0.381 bits per heavy atom. The SMILES string of the molecule is CCCCCCc1ccc(-c2cc3c(ccc4c3ccc3c5cc(-c6ccc(CCCCCC)o6)oc5ccc34)o2)o1. The molecule has 0 aliphatic rings. The first kappa shape index (κ1) is 26.7. The second-order valence-electron chi connectivity index (χ2n) is 11.6. The fraction of sp³-hybridized carbons (Fsp3) is 0.316. The molecule has 0 bridgehead atoms. The molecule has 0 fully saturated rings. The van der Waals surface area contributed by atoms with Gasteiger partial charge in [0, 0.05) is 23.6 Å². The molecule has 0 amide bonds. The Hall–Kier alpha value is -4.18. The first-order valence-electron chi connectivity index (χ1n) is 15.7. The maximum absolute atomic E-state index is 6.27. The number of benzene rings is 3. The van der Waals surface area contributed by atoms with E-state index in [1.54, 1.807) is 0 Å². The summed E-state index contributed by atoms with van der Waals surface area (Å²) < 4.78 is 24.9. The van der Waals surface area contributed by atoms with Crippen LogP contribution in [0.5, 0.6) is 0 Å². The third-order valence-electron chi connectivity index (χ3n) is 8.55. The van der Waals surface area contributed by atoms with Gasteiger partial charge in [0.2, 0.25) is 0 Å². The maximum atomic E-state index is 6.27. The Kier molecular flexibility index (Phi) is 7.37. The Morgan fingerprint density at radius 3 is 1.26 bits per heavy atom. The highest BCUT2D eigenvalue weighted by Gasteiger charge is 2.17. The second-order valence-corrected chi connectivity index (χ2v) is 11.6. The molecule has 0 radical (unpaired) electrons. The van der Waals surface area contributed by atoms with Crippen molar-refractivity contribution < 1.29 is 17.7 Å². The highest BCUT2D eigenvalue weighted by atomic mass is 16.4. The van der Waals surface area contributed by atoms with Crippen molar-refractivity contribution in [2.75, 3.05) is 0 Å². The minimum atomic E-state index is 0.774. The van der Waals surface area contributed by atoms with Gasteiger partial charge in [0.25, 0.3) is 0 Å². The van der Waals surface area contributed by atoms with Crippen LogP contribution in [-0.2, 0) is 12.8 Å². The van der Waals surface area contributed by atoms with E-state index in [9.17, 15) is 0 Å². The molecule has 0 atom stereocenters. The first-order chi connectivity index (χ1) is 20.7. The van der Waals surface area contributed by atoms with Crippen LogP contribution in [0.25, 0.3) is 66.5 Å². The fourth-order valence-electron chi connectivity index (χ4n) is 6.25. The van der Waals surface area contributed by atoms with Crippen molar-refractivity contribution >= 4 is 43.5 Å². The molecule has 0 spiro atoms. The van der Waals surface area contributed by atoms with Gasteiger partial charge in [0.1, 0.15) is 22.7 Å². The Balaban J connectivity index is 1.19. The van der Waals surface area contributed by atoms with Crippen LogP contribution >= 0.6 is 0 Å². The molecule has 0 saturated carbocycles. The van der Waals surface area contributed by atoms with Crippen molar-refractivity contribution in [1.82, 2.24) is 0 Å². The van der Waals surface area contributed by atoms with E-state index in [0.717, 1.165) is 82.2 Å². The summed E-state index contributed by atoms with van der Waals surface area (Å²) in [5.41, 5.74) is 1.74. The van der Waals surface area contributed by atoms with Crippen LogP contribution in [0, 0.1) is 0 Å². The molecule has 4 heterocycles. The highest BCUT2D eigenvalue weighted by Crippen LogP contribution is 2.40. The molecule has 4 heteroatoms. The van der Waals surface area contributed by atoms with Crippen LogP contribution in [0.3, 0.4) is 0 Å². The average Bonchev–Trinajstić information content (AvgIpc) is 3.82. The van der Waals surface area contributed by atoms with Gasteiger partial charge < -0.3 is 17.7 Å². The minimum Gasteiger partial charge on any atom is -0.458 e. The van der Waals surface area contributed by atoms with Crippen molar-refractivity contribution in [3.8, 4) is 23.0 Å². The van der Waals surface area contributed by atoms with Crippen molar-refractivity contribution in [1.29, 1.82) is 0 Å². The van der Waals surface area contributed by atoms with Gasteiger partial charge in [0.15, 0.2) is 23.0 Å². The van der Waals surface area contributed by atoms with Gasteiger partial charge in [-0.05, 0) is 82.9 Å². The molecule has 4 aromatic heterocycles. The van der Waals surface area contributed by atoms with E-state index in [0.29, 0.717) is 0 Å². The molecule has 0 aliphatic carbocycles. The van der Waals surface area contributed by atoms with Gasteiger partial charge in [-0.2, -0.15) is 0 Å². The van der Waals surface area contributed by atoms with Crippen molar-refractivity contribution in [3.05, 3.63) is 84.3 Å². The summed E-state index contributed by atoms with van der Waals surface area (Å²) in [4.78, 5) is 0. The molecule has 0 unspecified atom stereocenters. The number of hydrogen-bond donors (Lipinski definition) is 0. The Bertz CT molecular complexity index is 1830. The van der Waals surface area contributed by atoms with Gasteiger partial charge in [-0.3, -0.25) is 0 Å². The fourth-order valence-corrected chi connectivity index (χ4v) is 6.25. The van der Waals surface area contributed by atoms with Crippen LogP contribution in [-0.4, -0.2) is 0 Å². The van der Waals surface area contributed by atoms with Gasteiger partial charge in [-0.25, -0.2) is 0 Å². The molecule has 0 N–H and O–H groups in total. The smallest absolute Gasteiger partial charge is 0.170 e. The summed E-state index contributed by atoms with van der Waals surface area (Å²) in [5, 5.41) is 6.92. The molecule has 42 heavy (non-hydrogen) atoms. The standard InChI is InChI=1S/C38H38O4/c1-3-5-7-9-11-25-13-19-35(39-25)37-23-31-29-15-16-30-28(27(29)17-21-33(31)41-37)18-22-34-32(30)24-38(42-34)36-20-14-26(40-36)12-10-8-6-4-2/h13-24H,3-12H2,1-2H3. The minimum absolute atomic E-state index is 0.774. The van der Waals surface area contributed by atoms with E-state index < -0.39 is 0 Å². The normalized spacial score (nSPS) is 12.0. The van der Waals surface area contributed by atoms with Crippen molar-refractivity contribution in [2.45, 2.75) is 78.1 Å². The number of hydrogen-bond acceptors (Lipinski definition) is 4. The van der Waals surface area contributed by atoms with Crippen LogP contribution in [0.15, 0.2) is 90.5 Å². The van der Waals surface area contributed by atoms with Crippen LogP contribution in [0.1, 0.15) is 76.7 Å². The summed E-state index contributed by atoms with van der Waals surface area (Å²) in [6, 6.07) is 25.4. The van der Waals surface area contributed by atoms with Gasteiger partial charge in [-0.15, -0.1) is 0 Å². The zero-order chi connectivity index (χ0) is 28.5. The lowest BCUT2D eigenvalue weighted by atomic mass is 9.97. The lowest BCUT2D eigenvalue weighted by Crippen LogP contribution is -1.82. The number of rotatable bonds is 12. The molecular weight excluding hydrogens is 520 g/mol. The monoisotopic (exact) mass is 558 g/mol. The van der Waals surface area contributed by atoms with E-state index in [1.807, 2.05) is 12.1 Å². The summed E-state index contributed by atoms with van der Waals surface area (Å²) >= 11 is 0. The molecule has 214 valence electrons.